The normalized spacial score (nSPS) is 28.8. The Morgan fingerprint density at radius 1 is 0.625 bits per heavy atom. The van der Waals surface area contributed by atoms with Crippen LogP contribution in [0, 0.1) is 0 Å². The molecule has 0 spiro atoms. The maximum atomic E-state index is 9.29. The second-order valence-corrected chi connectivity index (χ2v) is 7.71. The third-order valence-corrected chi connectivity index (χ3v) is 5.29. The second-order valence-electron chi connectivity index (χ2n) is 7.71. The topological polar surface area (TPSA) is 220 Å². The van der Waals surface area contributed by atoms with Gasteiger partial charge in [-0.2, -0.15) is 0 Å². The van der Waals surface area contributed by atoms with E-state index in [1.807, 2.05) is 0 Å². The van der Waals surface area contributed by atoms with E-state index < -0.39 is 23.9 Å². The maximum absolute atomic E-state index is 9.29. The van der Waals surface area contributed by atoms with Crippen LogP contribution in [0.3, 0.4) is 0 Å². The number of carboxylic acid groups (broad SMARTS) is 4. The van der Waals surface area contributed by atoms with Gasteiger partial charge in [0.05, 0.1) is 12.2 Å². The van der Waals surface area contributed by atoms with Crippen LogP contribution in [0.25, 0.3) is 0 Å². The number of hydrogen-bond acceptors (Lipinski definition) is 10. The van der Waals surface area contributed by atoms with Crippen LogP contribution in [-0.4, -0.2) is 141 Å². The summed E-state index contributed by atoms with van der Waals surface area (Å²) in [6, 6.07) is 1.23. The van der Waals surface area contributed by atoms with E-state index in [0.717, 1.165) is 65.2 Å². The number of rotatable bonds is 0. The van der Waals surface area contributed by atoms with Crippen molar-refractivity contribution in [2.24, 2.45) is 0 Å². The Morgan fingerprint density at radius 2 is 0.938 bits per heavy atom. The molecule has 4 atom stereocenters. The molecule has 0 aromatic rings. The Morgan fingerprint density at radius 3 is 1.19 bits per heavy atom. The van der Waals surface area contributed by atoms with E-state index in [1.54, 1.807) is 0 Å². The van der Waals surface area contributed by atoms with E-state index in [9.17, 15) is 10.2 Å². The van der Waals surface area contributed by atoms with E-state index in [-0.39, 0.29) is 12.2 Å². The van der Waals surface area contributed by atoms with Crippen LogP contribution in [0.5, 0.6) is 0 Å². The van der Waals surface area contributed by atoms with E-state index in [1.165, 1.54) is 0 Å². The monoisotopic (exact) mass is 464 g/mol. The number of carbonyl (C=O) groups is 4. The lowest BCUT2D eigenvalue weighted by molar-refractivity contribution is -0.159. The van der Waals surface area contributed by atoms with Gasteiger partial charge >= 0.3 is 23.9 Å². The highest BCUT2D eigenvalue weighted by molar-refractivity contribution is 6.27. The molecule has 184 valence electrons. The molecule has 0 unspecified atom stereocenters. The van der Waals surface area contributed by atoms with Crippen molar-refractivity contribution < 1.29 is 49.8 Å². The Balaban J connectivity index is 0.000000222. The minimum Gasteiger partial charge on any atom is -0.473 e. The van der Waals surface area contributed by atoms with Gasteiger partial charge in [-0.05, 0) is 12.8 Å². The zero-order valence-electron chi connectivity index (χ0n) is 17.6. The fraction of sp³-hybridized carbons (Fsp3) is 0.778. The van der Waals surface area contributed by atoms with Crippen LogP contribution in [-0.2, 0) is 19.2 Å². The fourth-order valence-electron chi connectivity index (χ4n) is 3.87. The molecule has 0 amide bonds. The number of piperazine rings is 2. The van der Waals surface area contributed by atoms with Gasteiger partial charge in [-0.1, -0.05) is 0 Å². The highest BCUT2D eigenvalue weighted by atomic mass is 16.4. The van der Waals surface area contributed by atoms with Gasteiger partial charge in [-0.3, -0.25) is 9.80 Å². The minimum atomic E-state index is -1.82. The van der Waals surface area contributed by atoms with Crippen molar-refractivity contribution in [3.63, 3.8) is 0 Å². The number of aliphatic carboxylic acids is 4. The number of nitrogens with one attached hydrogen (secondary N) is 2. The van der Waals surface area contributed by atoms with Crippen molar-refractivity contribution in [2.45, 2.75) is 37.1 Å². The third kappa shape index (κ3) is 10.3. The van der Waals surface area contributed by atoms with Gasteiger partial charge in [0.1, 0.15) is 0 Å². The molecule has 32 heavy (non-hydrogen) atoms. The van der Waals surface area contributed by atoms with Gasteiger partial charge in [0.25, 0.3) is 0 Å². The highest BCUT2D eigenvalue weighted by Gasteiger charge is 2.32. The van der Waals surface area contributed by atoms with Crippen LogP contribution in [0.2, 0.25) is 0 Å². The first-order valence-corrected chi connectivity index (χ1v) is 10.2. The average molecular weight is 464 g/mol. The lowest BCUT2D eigenvalue weighted by Crippen LogP contribution is -2.47. The number of hydrogen-bond donors (Lipinski definition) is 8. The quantitative estimate of drug-likeness (QED) is 0.162. The first-order chi connectivity index (χ1) is 15.0. The predicted octanol–water partition coefficient (Wildman–Crippen LogP) is -3.64. The molecule has 0 bridgehead atoms. The van der Waals surface area contributed by atoms with Gasteiger partial charge in [-0.15, -0.1) is 0 Å². The second kappa shape index (κ2) is 13.9. The molecule has 14 nitrogen and oxygen atoms in total. The number of fused-ring (bicyclic) bond motifs is 2. The first-order valence-electron chi connectivity index (χ1n) is 10.2. The van der Waals surface area contributed by atoms with E-state index in [2.05, 4.69) is 20.4 Å². The Labute approximate surface area is 184 Å². The summed E-state index contributed by atoms with van der Waals surface area (Å²) < 4.78 is 0. The molecule has 0 aromatic carbocycles. The van der Waals surface area contributed by atoms with Crippen molar-refractivity contribution in [1.29, 1.82) is 0 Å². The molecule has 0 radical (unpaired) electrons. The van der Waals surface area contributed by atoms with Crippen molar-refractivity contribution in [2.75, 3.05) is 52.4 Å². The Bertz CT molecular complexity index is 543. The lowest BCUT2D eigenvalue weighted by Gasteiger charge is -2.29. The summed E-state index contributed by atoms with van der Waals surface area (Å²) in [5.74, 6) is -7.30. The summed E-state index contributed by atoms with van der Waals surface area (Å²) in [7, 11) is 0. The zero-order chi connectivity index (χ0) is 24.3. The van der Waals surface area contributed by atoms with Crippen LogP contribution in [0.15, 0.2) is 0 Å². The van der Waals surface area contributed by atoms with E-state index >= 15 is 0 Å². The number of aliphatic hydroxyl groups is 2. The zero-order valence-corrected chi connectivity index (χ0v) is 17.6. The molecular weight excluding hydrogens is 432 g/mol. The first kappa shape index (κ1) is 27.7. The summed E-state index contributed by atoms with van der Waals surface area (Å²) in [5, 5.41) is 54.8. The summed E-state index contributed by atoms with van der Waals surface area (Å²) in [6.07, 6.45) is 1.80. The molecule has 4 rings (SSSR count). The molecule has 4 aliphatic heterocycles. The summed E-state index contributed by atoms with van der Waals surface area (Å²) in [6.45, 7) is 8.32. The SMILES string of the molecule is O=C(O)C(=O)O.O=C(O)C(=O)O.O[C@@H]1C[C@H]2CNCCN2C1.O[C@H]1C[C@@H]2CNCCN2C1. The highest BCUT2D eigenvalue weighted by Crippen LogP contribution is 2.18. The molecule has 4 aliphatic rings. The minimum absolute atomic E-state index is 0.0649. The van der Waals surface area contributed by atoms with Gasteiger partial charge < -0.3 is 41.3 Å². The smallest absolute Gasteiger partial charge is 0.414 e. The standard InChI is InChI=1S/2C7H14N2O.2C2H2O4/c2*10-7-3-6-4-8-1-2-9(6)5-7;2*3-1(4)2(5)6/h2*6-8,10H,1-5H2;2*(H,3,4)(H,5,6)/t2*6-,7+;;/m10../s1. The Kier molecular flexibility index (Phi) is 12.0. The summed E-state index contributed by atoms with van der Waals surface area (Å²) in [4.78, 5) is 41.2. The molecule has 4 heterocycles. The molecule has 8 N–H and O–H groups in total. The van der Waals surface area contributed by atoms with Crippen LogP contribution < -0.4 is 10.6 Å². The molecule has 0 aliphatic carbocycles. The third-order valence-electron chi connectivity index (χ3n) is 5.29. The van der Waals surface area contributed by atoms with Crippen LogP contribution in [0.4, 0.5) is 0 Å². The molecular formula is C18H32N4O10. The van der Waals surface area contributed by atoms with Crippen LogP contribution in [0.1, 0.15) is 12.8 Å². The number of carboxylic acids is 4. The molecule has 0 aromatic heterocycles. The van der Waals surface area contributed by atoms with Gasteiger partial charge in [-0.25, -0.2) is 19.2 Å². The van der Waals surface area contributed by atoms with E-state index in [0.29, 0.717) is 12.1 Å². The lowest BCUT2D eigenvalue weighted by atomic mass is 10.2. The fourth-order valence-corrected chi connectivity index (χ4v) is 3.87. The van der Waals surface area contributed by atoms with Crippen molar-refractivity contribution >= 4 is 23.9 Å². The van der Waals surface area contributed by atoms with Crippen molar-refractivity contribution in [1.82, 2.24) is 20.4 Å². The average Bonchev–Trinajstić information content (AvgIpc) is 3.29. The van der Waals surface area contributed by atoms with Gasteiger partial charge in [0.2, 0.25) is 0 Å². The summed E-state index contributed by atoms with van der Waals surface area (Å²) >= 11 is 0. The Hall–Kier alpha value is -2.36. The molecule has 4 saturated heterocycles. The van der Waals surface area contributed by atoms with Crippen LogP contribution >= 0.6 is 0 Å². The van der Waals surface area contributed by atoms with Gasteiger partial charge in [0.15, 0.2) is 0 Å². The summed E-state index contributed by atoms with van der Waals surface area (Å²) in [5.41, 5.74) is 0. The van der Waals surface area contributed by atoms with Gasteiger partial charge in [0, 0.05) is 64.4 Å². The molecule has 0 saturated carbocycles. The van der Waals surface area contributed by atoms with E-state index in [4.69, 9.17) is 39.6 Å². The predicted molar refractivity (Wildman–Crippen MR) is 108 cm³/mol. The van der Waals surface area contributed by atoms with Crippen molar-refractivity contribution in [3.8, 4) is 0 Å². The molecule has 14 heteroatoms. The van der Waals surface area contributed by atoms with Crippen molar-refractivity contribution in [3.05, 3.63) is 0 Å². The number of nitrogens with zero attached hydrogens (tertiary/aromatic N) is 2. The number of aliphatic hydroxyl groups excluding tert-OH is 2. The maximum Gasteiger partial charge on any atom is 0.414 e. The molecule has 4 fully saturated rings. The largest absolute Gasteiger partial charge is 0.473 e.